The smallest absolute Gasteiger partial charge is 0.286 e. The number of rotatable bonds is 2. The van der Waals surface area contributed by atoms with Crippen LogP contribution < -0.4 is 15.2 Å². The Labute approximate surface area is 103 Å². The van der Waals surface area contributed by atoms with Gasteiger partial charge in [-0.05, 0) is 13.8 Å². The number of fused-ring (bicyclic) bond motifs is 1. The molecule has 0 spiro atoms. The average molecular weight is 252 g/mol. The number of nitro groups is 1. The lowest BCUT2D eigenvalue weighted by atomic mass is 10.1. The summed E-state index contributed by atoms with van der Waals surface area (Å²) in [6.07, 6.45) is 0. The lowest BCUT2D eigenvalue weighted by Crippen LogP contribution is -2.38. The number of nitrogens with two attached hydrogens (primary N) is 1. The van der Waals surface area contributed by atoms with E-state index in [-0.39, 0.29) is 29.4 Å². The second-order valence-electron chi connectivity index (χ2n) is 4.59. The molecule has 7 heteroatoms. The van der Waals surface area contributed by atoms with Crippen molar-refractivity contribution in [2.45, 2.75) is 19.4 Å². The fourth-order valence-corrected chi connectivity index (χ4v) is 1.67. The van der Waals surface area contributed by atoms with Gasteiger partial charge >= 0.3 is 0 Å². The summed E-state index contributed by atoms with van der Waals surface area (Å²) < 4.78 is 11.0. The summed E-state index contributed by atoms with van der Waals surface area (Å²) in [5.74, 6) is -0.354. The first kappa shape index (κ1) is 12.2. The minimum absolute atomic E-state index is 0.194. The minimum Gasteiger partial charge on any atom is -0.485 e. The van der Waals surface area contributed by atoms with Crippen LogP contribution in [0.15, 0.2) is 12.1 Å². The molecule has 0 aromatic heterocycles. The van der Waals surface area contributed by atoms with Crippen molar-refractivity contribution in [3.63, 3.8) is 0 Å². The van der Waals surface area contributed by atoms with Gasteiger partial charge in [0.15, 0.2) is 11.5 Å². The molecule has 2 N–H and O–H groups in total. The molecular weight excluding hydrogens is 240 g/mol. The molecular formula is C11H12N2O5. The van der Waals surface area contributed by atoms with Crippen molar-refractivity contribution in [3.8, 4) is 11.5 Å². The number of carbonyl (C=O) groups excluding carboxylic acids is 1. The molecule has 1 aromatic carbocycles. The van der Waals surface area contributed by atoms with Gasteiger partial charge < -0.3 is 15.2 Å². The molecule has 2 rings (SSSR count). The topological polar surface area (TPSA) is 105 Å². The first-order valence-corrected chi connectivity index (χ1v) is 5.24. The van der Waals surface area contributed by atoms with Crippen molar-refractivity contribution in [2.24, 2.45) is 5.73 Å². The van der Waals surface area contributed by atoms with E-state index in [1.54, 1.807) is 13.8 Å². The molecule has 0 atom stereocenters. The highest BCUT2D eigenvalue weighted by Gasteiger charge is 2.32. The van der Waals surface area contributed by atoms with E-state index >= 15 is 0 Å². The molecule has 1 heterocycles. The van der Waals surface area contributed by atoms with Crippen LogP contribution in [0.2, 0.25) is 0 Å². The summed E-state index contributed by atoms with van der Waals surface area (Å²) >= 11 is 0. The first-order chi connectivity index (χ1) is 8.30. The maximum absolute atomic E-state index is 11.2. The number of hydrogen-bond donors (Lipinski definition) is 1. The van der Waals surface area contributed by atoms with Gasteiger partial charge in [-0.2, -0.15) is 0 Å². The van der Waals surface area contributed by atoms with Gasteiger partial charge in [0, 0.05) is 6.07 Å². The number of hydrogen-bond acceptors (Lipinski definition) is 5. The fraction of sp³-hybridized carbons (Fsp3) is 0.364. The van der Waals surface area contributed by atoms with Gasteiger partial charge in [-0.15, -0.1) is 0 Å². The largest absolute Gasteiger partial charge is 0.485 e. The monoisotopic (exact) mass is 252 g/mol. The number of nitrogens with zero attached hydrogens (tertiary/aromatic N) is 1. The van der Waals surface area contributed by atoms with E-state index in [4.69, 9.17) is 15.2 Å². The number of nitro benzene ring substituents is 1. The van der Waals surface area contributed by atoms with Gasteiger partial charge in [0.25, 0.3) is 11.6 Å². The van der Waals surface area contributed by atoms with E-state index in [0.717, 1.165) is 6.07 Å². The quantitative estimate of drug-likeness (QED) is 0.629. The van der Waals surface area contributed by atoms with Crippen molar-refractivity contribution < 1.29 is 19.2 Å². The zero-order valence-corrected chi connectivity index (χ0v) is 9.93. The third kappa shape index (κ3) is 2.06. The van der Waals surface area contributed by atoms with Crippen molar-refractivity contribution in [2.75, 3.05) is 6.61 Å². The summed E-state index contributed by atoms with van der Waals surface area (Å²) in [5, 5.41) is 10.8. The average Bonchev–Trinajstić information content (AvgIpc) is 2.25. The Hall–Kier alpha value is -2.31. The van der Waals surface area contributed by atoms with Crippen molar-refractivity contribution >= 4 is 11.6 Å². The van der Waals surface area contributed by atoms with Crippen LogP contribution in [0.25, 0.3) is 0 Å². The molecule has 1 aromatic rings. The maximum atomic E-state index is 11.2. The molecule has 1 amide bonds. The molecule has 7 nitrogen and oxygen atoms in total. The molecule has 0 fully saturated rings. The van der Waals surface area contributed by atoms with Crippen molar-refractivity contribution in [1.82, 2.24) is 0 Å². The van der Waals surface area contributed by atoms with Crippen LogP contribution in [0, 0.1) is 10.1 Å². The van der Waals surface area contributed by atoms with Gasteiger partial charge in [0.1, 0.15) is 17.8 Å². The van der Waals surface area contributed by atoms with Crippen LogP contribution in [0.4, 0.5) is 5.69 Å². The van der Waals surface area contributed by atoms with Gasteiger partial charge in [-0.25, -0.2) is 0 Å². The van der Waals surface area contributed by atoms with Gasteiger partial charge in [0.05, 0.1) is 11.0 Å². The lowest BCUT2D eigenvalue weighted by Gasteiger charge is -2.32. The summed E-state index contributed by atoms with van der Waals surface area (Å²) in [5.41, 5.74) is 3.98. The van der Waals surface area contributed by atoms with Crippen LogP contribution in [0.1, 0.15) is 24.2 Å². The van der Waals surface area contributed by atoms with Crippen LogP contribution in [0.5, 0.6) is 11.5 Å². The third-order valence-electron chi connectivity index (χ3n) is 2.49. The fourth-order valence-electron chi connectivity index (χ4n) is 1.67. The number of benzene rings is 1. The van der Waals surface area contributed by atoms with E-state index in [9.17, 15) is 14.9 Å². The Morgan fingerprint density at radius 2 is 2.11 bits per heavy atom. The summed E-state index contributed by atoms with van der Waals surface area (Å²) in [7, 11) is 0. The minimum atomic E-state index is -0.878. The molecule has 1 aliphatic rings. The highest BCUT2D eigenvalue weighted by atomic mass is 16.6. The Balaban J connectivity index is 2.56. The third-order valence-corrected chi connectivity index (χ3v) is 2.49. The summed E-state index contributed by atoms with van der Waals surface area (Å²) in [6.45, 7) is 3.88. The molecule has 1 aliphatic heterocycles. The highest BCUT2D eigenvalue weighted by molar-refractivity contribution is 5.97. The Morgan fingerprint density at radius 3 is 2.67 bits per heavy atom. The molecule has 18 heavy (non-hydrogen) atoms. The predicted molar refractivity (Wildman–Crippen MR) is 61.8 cm³/mol. The summed E-state index contributed by atoms with van der Waals surface area (Å²) in [6, 6.07) is 2.40. The molecule has 0 radical (unpaired) electrons. The number of primary amides is 1. The van der Waals surface area contributed by atoms with Crippen LogP contribution in [0.3, 0.4) is 0 Å². The van der Waals surface area contributed by atoms with E-state index in [0.29, 0.717) is 0 Å². The lowest BCUT2D eigenvalue weighted by molar-refractivity contribution is -0.385. The molecule has 0 aliphatic carbocycles. The zero-order chi connectivity index (χ0) is 13.5. The zero-order valence-electron chi connectivity index (χ0n) is 9.93. The highest BCUT2D eigenvalue weighted by Crippen LogP contribution is 2.39. The van der Waals surface area contributed by atoms with Crippen LogP contribution in [-0.4, -0.2) is 23.0 Å². The predicted octanol–water partition coefficient (Wildman–Crippen LogP) is 1.24. The SMILES string of the molecule is CC1(C)COc2cc([N+](=O)[O-])c(C(N)=O)cc2O1. The van der Waals surface area contributed by atoms with Crippen molar-refractivity contribution in [3.05, 3.63) is 27.8 Å². The van der Waals surface area contributed by atoms with Crippen molar-refractivity contribution in [1.29, 1.82) is 0 Å². The second-order valence-corrected chi connectivity index (χ2v) is 4.59. The number of carbonyl (C=O) groups is 1. The molecule has 0 saturated heterocycles. The second kappa shape index (κ2) is 3.86. The van der Waals surface area contributed by atoms with Crippen LogP contribution >= 0.6 is 0 Å². The van der Waals surface area contributed by atoms with E-state index in [1.807, 2.05) is 0 Å². The molecule has 0 saturated carbocycles. The maximum Gasteiger partial charge on any atom is 0.286 e. The number of ether oxygens (including phenoxy) is 2. The first-order valence-electron chi connectivity index (χ1n) is 5.24. The molecule has 0 bridgehead atoms. The van der Waals surface area contributed by atoms with Crippen LogP contribution in [-0.2, 0) is 0 Å². The number of amides is 1. The van der Waals surface area contributed by atoms with Gasteiger partial charge in [0.2, 0.25) is 0 Å². The summed E-state index contributed by atoms with van der Waals surface area (Å²) in [4.78, 5) is 21.4. The molecule has 96 valence electrons. The van der Waals surface area contributed by atoms with Gasteiger partial charge in [-0.1, -0.05) is 0 Å². The Bertz CT molecular complexity index is 538. The van der Waals surface area contributed by atoms with E-state index in [1.165, 1.54) is 6.07 Å². The molecule has 0 unspecified atom stereocenters. The van der Waals surface area contributed by atoms with E-state index in [2.05, 4.69) is 0 Å². The van der Waals surface area contributed by atoms with E-state index < -0.39 is 16.4 Å². The Kier molecular flexibility index (Phi) is 2.61. The van der Waals surface area contributed by atoms with Gasteiger partial charge in [-0.3, -0.25) is 14.9 Å². The normalized spacial score (nSPS) is 16.1. The standard InChI is InChI=1S/C11H12N2O5/c1-11(2)5-17-8-4-7(13(15)16)6(10(12)14)3-9(8)18-11/h3-4H,5H2,1-2H3,(H2,12,14). The Morgan fingerprint density at radius 1 is 1.44 bits per heavy atom.